The maximum Gasteiger partial charge on any atom is 0.0463 e. The number of benzene rings is 3. The molecule has 4 nitrogen and oxygen atoms in total. The van der Waals surface area contributed by atoms with E-state index in [1.807, 2.05) is 48.6 Å². The summed E-state index contributed by atoms with van der Waals surface area (Å²) in [4.78, 5) is 6.67. The van der Waals surface area contributed by atoms with Gasteiger partial charge in [0.1, 0.15) is 0 Å². The smallest absolute Gasteiger partial charge is 0.0463 e. The van der Waals surface area contributed by atoms with Crippen LogP contribution in [0.2, 0.25) is 0 Å². The predicted molar refractivity (Wildman–Crippen MR) is 151 cm³/mol. The molecule has 174 valence electrons. The Hall–Kier alpha value is -4.18. The molecule has 34 heavy (non-hydrogen) atoms. The van der Waals surface area contributed by atoms with Crippen molar-refractivity contribution < 1.29 is 0 Å². The molecule has 3 aromatic carbocycles. The lowest BCUT2D eigenvalue weighted by Gasteiger charge is -2.28. The van der Waals surface area contributed by atoms with Crippen LogP contribution in [-0.4, -0.2) is 26.2 Å². The van der Waals surface area contributed by atoms with Crippen LogP contribution in [0.25, 0.3) is 0 Å². The first-order valence-corrected chi connectivity index (χ1v) is 11.4. The van der Waals surface area contributed by atoms with Crippen molar-refractivity contribution in [3.63, 3.8) is 0 Å². The second-order valence-electron chi connectivity index (χ2n) is 7.92. The Morgan fingerprint density at radius 1 is 0.471 bits per heavy atom. The lowest BCUT2D eigenvalue weighted by Crippen LogP contribution is -2.23. The number of nitrogen functional groups attached to an aromatic ring is 1. The summed E-state index contributed by atoms with van der Waals surface area (Å²) < 4.78 is 0. The zero-order valence-electron chi connectivity index (χ0n) is 19.8. The first-order valence-electron chi connectivity index (χ1n) is 11.4. The molecule has 0 bridgehead atoms. The van der Waals surface area contributed by atoms with Gasteiger partial charge in [-0.1, -0.05) is 24.3 Å². The molecule has 0 atom stereocenters. The van der Waals surface area contributed by atoms with Gasteiger partial charge in [0, 0.05) is 60.3 Å². The molecule has 3 aromatic rings. The van der Waals surface area contributed by atoms with E-state index in [0.29, 0.717) is 0 Å². The Labute approximate surface area is 204 Å². The van der Waals surface area contributed by atoms with Gasteiger partial charge in [-0.15, -0.1) is 26.3 Å². The van der Waals surface area contributed by atoms with Crippen LogP contribution in [0.15, 0.2) is 123 Å². The van der Waals surface area contributed by atoms with Gasteiger partial charge in [-0.3, -0.25) is 0 Å². The van der Waals surface area contributed by atoms with Crippen molar-refractivity contribution in [3.8, 4) is 0 Å². The molecule has 0 saturated heterocycles. The Morgan fingerprint density at radius 2 is 0.735 bits per heavy atom. The van der Waals surface area contributed by atoms with E-state index in [-0.39, 0.29) is 0 Å². The van der Waals surface area contributed by atoms with Gasteiger partial charge >= 0.3 is 0 Å². The molecule has 0 aromatic heterocycles. The summed E-state index contributed by atoms with van der Waals surface area (Å²) in [7, 11) is 0. The van der Waals surface area contributed by atoms with Crippen molar-refractivity contribution in [2.24, 2.45) is 0 Å². The van der Waals surface area contributed by atoms with Crippen LogP contribution in [0.1, 0.15) is 0 Å². The van der Waals surface area contributed by atoms with Crippen molar-refractivity contribution in [3.05, 3.63) is 123 Å². The van der Waals surface area contributed by atoms with E-state index in [2.05, 4.69) is 89.5 Å². The standard InChI is InChI=1S/C30H34N4/c1-5-21-32(22-6-2)26-13-17-29(18-14-26)34(28-11-9-25(31)10-12-28)30-19-15-27(16-20-30)33(23-7-3)24-8-4/h5-20H,1-4,21-24,31H2. The highest BCUT2D eigenvalue weighted by molar-refractivity contribution is 5.78. The Balaban J connectivity index is 1.99. The second-order valence-corrected chi connectivity index (χ2v) is 7.92. The summed E-state index contributed by atoms with van der Waals surface area (Å²) in [5, 5.41) is 0. The number of anilines is 6. The molecule has 0 heterocycles. The second kappa shape index (κ2) is 12.2. The summed E-state index contributed by atoms with van der Waals surface area (Å²) >= 11 is 0. The van der Waals surface area contributed by atoms with Crippen LogP contribution >= 0.6 is 0 Å². The summed E-state index contributed by atoms with van der Waals surface area (Å²) in [5.41, 5.74) is 12.1. The molecular weight excluding hydrogens is 416 g/mol. The zero-order valence-corrected chi connectivity index (χ0v) is 19.8. The molecule has 0 aliphatic carbocycles. The number of hydrogen-bond acceptors (Lipinski definition) is 4. The summed E-state index contributed by atoms with van der Waals surface area (Å²) in [6, 6.07) is 25.0. The summed E-state index contributed by atoms with van der Waals surface area (Å²) in [6.45, 7) is 18.6. The normalized spacial score (nSPS) is 10.2. The largest absolute Gasteiger partial charge is 0.399 e. The zero-order chi connectivity index (χ0) is 24.3. The fourth-order valence-corrected chi connectivity index (χ4v) is 3.89. The molecule has 0 unspecified atom stereocenters. The van der Waals surface area contributed by atoms with Crippen molar-refractivity contribution in [2.45, 2.75) is 0 Å². The maximum absolute atomic E-state index is 5.96. The minimum atomic E-state index is 0.739. The average molecular weight is 451 g/mol. The molecule has 4 heteroatoms. The van der Waals surface area contributed by atoms with Gasteiger partial charge in [0.05, 0.1) is 0 Å². The van der Waals surface area contributed by atoms with Gasteiger partial charge < -0.3 is 20.4 Å². The minimum absolute atomic E-state index is 0.739. The molecule has 0 aliphatic heterocycles. The van der Waals surface area contributed by atoms with E-state index in [1.165, 1.54) is 0 Å². The van der Waals surface area contributed by atoms with Crippen LogP contribution in [0, 0.1) is 0 Å². The molecule has 0 spiro atoms. The fourth-order valence-electron chi connectivity index (χ4n) is 3.89. The average Bonchev–Trinajstić information content (AvgIpc) is 2.86. The number of hydrogen-bond donors (Lipinski definition) is 1. The van der Waals surface area contributed by atoms with E-state index < -0.39 is 0 Å². The van der Waals surface area contributed by atoms with Gasteiger partial charge in [-0.05, 0) is 72.8 Å². The van der Waals surface area contributed by atoms with Crippen molar-refractivity contribution in [1.82, 2.24) is 0 Å². The highest BCUT2D eigenvalue weighted by Gasteiger charge is 2.14. The molecule has 3 rings (SSSR count). The molecular formula is C30H34N4. The van der Waals surface area contributed by atoms with Crippen LogP contribution < -0.4 is 20.4 Å². The number of rotatable bonds is 13. The van der Waals surface area contributed by atoms with E-state index in [0.717, 1.165) is 60.3 Å². The highest BCUT2D eigenvalue weighted by atomic mass is 15.2. The maximum atomic E-state index is 5.96. The number of nitrogens with zero attached hydrogens (tertiary/aromatic N) is 3. The Kier molecular flexibility index (Phi) is 8.75. The third-order valence-corrected chi connectivity index (χ3v) is 5.50. The van der Waals surface area contributed by atoms with Gasteiger partial charge in [0.2, 0.25) is 0 Å². The third-order valence-electron chi connectivity index (χ3n) is 5.50. The molecule has 2 N–H and O–H groups in total. The van der Waals surface area contributed by atoms with Crippen molar-refractivity contribution in [1.29, 1.82) is 0 Å². The van der Waals surface area contributed by atoms with Gasteiger partial charge in [-0.25, -0.2) is 0 Å². The Morgan fingerprint density at radius 3 is 1.03 bits per heavy atom. The van der Waals surface area contributed by atoms with E-state index in [9.17, 15) is 0 Å². The predicted octanol–water partition coefficient (Wildman–Crippen LogP) is 7.10. The fraction of sp³-hybridized carbons (Fsp3) is 0.133. The molecule has 0 saturated carbocycles. The monoisotopic (exact) mass is 450 g/mol. The van der Waals surface area contributed by atoms with Crippen LogP contribution in [-0.2, 0) is 0 Å². The van der Waals surface area contributed by atoms with Crippen molar-refractivity contribution >= 4 is 34.1 Å². The lowest BCUT2D eigenvalue weighted by molar-refractivity contribution is 0.956. The molecule has 0 amide bonds. The van der Waals surface area contributed by atoms with Crippen molar-refractivity contribution in [2.75, 3.05) is 46.6 Å². The van der Waals surface area contributed by atoms with Gasteiger partial charge in [0.25, 0.3) is 0 Å². The van der Waals surface area contributed by atoms with E-state index >= 15 is 0 Å². The highest BCUT2D eigenvalue weighted by Crippen LogP contribution is 2.36. The lowest BCUT2D eigenvalue weighted by atomic mass is 10.1. The van der Waals surface area contributed by atoms with Crippen LogP contribution in [0.5, 0.6) is 0 Å². The molecule has 0 aliphatic rings. The first-order chi connectivity index (χ1) is 16.6. The Bertz CT molecular complexity index is 995. The summed E-state index contributed by atoms with van der Waals surface area (Å²) in [5.74, 6) is 0. The van der Waals surface area contributed by atoms with Gasteiger partial charge in [0.15, 0.2) is 0 Å². The van der Waals surface area contributed by atoms with E-state index in [1.54, 1.807) is 0 Å². The van der Waals surface area contributed by atoms with Crippen LogP contribution in [0.4, 0.5) is 34.1 Å². The van der Waals surface area contributed by atoms with Gasteiger partial charge in [-0.2, -0.15) is 0 Å². The van der Waals surface area contributed by atoms with Crippen LogP contribution in [0.3, 0.4) is 0 Å². The molecule has 0 fully saturated rings. The third kappa shape index (κ3) is 5.99. The topological polar surface area (TPSA) is 35.7 Å². The number of nitrogens with two attached hydrogens (primary N) is 1. The quantitative estimate of drug-likeness (QED) is 0.223. The van der Waals surface area contributed by atoms with E-state index in [4.69, 9.17) is 5.73 Å². The molecule has 0 radical (unpaired) electrons. The minimum Gasteiger partial charge on any atom is -0.399 e. The SMILES string of the molecule is C=CCN(CC=C)c1ccc(N(c2ccc(N)cc2)c2ccc(N(CC=C)CC=C)cc2)cc1. The summed E-state index contributed by atoms with van der Waals surface area (Å²) in [6.07, 6.45) is 7.62. The first kappa shape index (κ1) is 24.5.